The minimum absolute atomic E-state index is 0.296. The van der Waals surface area contributed by atoms with Gasteiger partial charge in [-0.05, 0) is 60.2 Å². The number of hydrazone groups is 1. The summed E-state index contributed by atoms with van der Waals surface area (Å²) in [5.41, 5.74) is 3.98. The average Bonchev–Trinajstić information content (AvgIpc) is 2.69. The molecule has 1 N–H and O–H groups in total. The largest absolute Gasteiger partial charge is 0.423 e. The first-order valence-corrected chi connectivity index (χ1v) is 9.36. The van der Waals surface area contributed by atoms with Crippen LogP contribution in [0.4, 0.5) is 0 Å². The van der Waals surface area contributed by atoms with Crippen molar-refractivity contribution in [3.63, 3.8) is 0 Å². The number of rotatable bonds is 5. The lowest BCUT2D eigenvalue weighted by atomic mass is 10.2. The third-order valence-electron chi connectivity index (χ3n) is 3.65. The standard InChI is InChI=1S/C21H14BrClN2O3/c22-16-5-3-4-15(12-16)20(26)25-24-13-14-8-10-17(11-9-14)28-21(27)18-6-1-2-7-19(18)23/h1-13H,(H,25,26). The Morgan fingerprint density at radius 2 is 1.75 bits per heavy atom. The van der Waals surface area contributed by atoms with Gasteiger partial charge in [-0.25, -0.2) is 10.2 Å². The van der Waals surface area contributed by atoms with Crippen molar-refractivity contribution < 1.29 is 14.3 Å². The van der Waals surface area contributed by atoms with E-state index < -0.39 is 5.97 Å². The van der Waals surface area contributed by atoms with Crippen LogP contribution in [0.5, 0.6) is 5.75 Å². The molecule has 0 aliphatic heterocycles. The Morgan fingerprint density at radius 3 is 2.46 bits per heavy atom. The molecule has 28 heavy (non-hydrogen) atoms. The second-order valence-corrected chi connectivity index (χ2v) is 6.97. The molecule has 5 nitrogen and oxygen atoms in total. The molecule has 3 aromatic rings. The van der Waals surface area contributed by atoms with Crippen LogP contribution in [0.15, 0.2) is 82.4 Å². The Labute approximate surface area is 175 Å². The maximum atomic E-state index is 12.1. The van der Waals surface area contributed by atoms with Gasteiger partial charge in [0.2, 0.25) is 0 Å². The van der Waals surface area contributed by atoms with Crippen molar-refractivity contribution in [2.24, 2.45) is 5.10 Å². The van der Waals surface area contributed by atoms with Gasteiger partial charge < -0.3 is 4.74 Å². The number of carbonyl (C=O) groups is 2. The topological polar surface area (TPSA) is 67.8 Å². The summed E-state index contributed by atoms with van der Waals surface area (Å²) < 4.78 is 6.12. The fourth-order valence-electron chi connectivity index (χ4n) is 2.27. The minimum Gasteiger partial charge on any atom is -0.423 e. The first-order chi connectivity index (χ1) is 13.5. The van der Waals surface area contributed by atoms with E-state index in [1.807, 2.05) is 6.07 Å². The Morgan fingerprint density at radius 1 is 1.00 bits per heavy atom. The summed E-state index contributed by atoms with van der Waals surface area (Å²) in [6, 6.07) is 20.4. The molecule has 0 aliphatic carbocycles. The van der Waals surface area contributed by atoms with E-state index in [4.69, 9.17) is 16.3 Å². The molecule has 1 amide bonds. The molecule has 7 heteroatoms. The fourth-order valence-corrected chi connectivity index (χ4v) is 2.88. The van der Waals surface area contributed by atoms with Crippen LogP contribution >= 0.6 is 27.5 Å². The monoisotopic (exact) mass is 456 g/mol. The van der Waals surface area contributed by atoms with Crippen molar-refractivity contribution >= 4 is 45.6 Å². The predicted octanol–water partition coefficient (Wildman–Crippen LogP) is 5.09. The van der Waals surface area contributed by atoms with Crippen LogP contribution in [-0.2, 0) is 0 Å². The highest BCUT2D eigenvalue weighted by molar-refractivity contribution is 9.10. The van der Waals surface area contributed by atoms with Crippen LogP contribution in [0.3, 0.4) is 0 Å². The molecule has 0 atom stereocenters. The number of nitrogens with zero attached hydrogens (tertiary/aromatic N) is 1. The first-order valence-electron chi connectivity index (χ1n) is 8.19. The lowest BCUT2D eigenvalue weighted by Gasteiger charge is -2.06. The molecule has 0 saturated carbocycles. The van der Waals surface area contributed by atoms with E-state index in [0.717, 1.165) is 10.0 Å². The average molecular weight is 458 g/mol. The predicted molar refractivity (Wildman–Crippen MR) is 112 cm³/mol. The van der Waals surface area contributed by atoms with Crippen LogP contribution < -0.4 is 10.2 Å². The highest BCUT2D eigenvalue weighted by Crippen LogP contribution is 2.19. The van der Waals surface area contributed by atoms with Gasteiger partial charge in [0, 0.05) is 10.0 Å². The summed E-state index contributed by atoms with van der Waals surface area (Å²) >= 11 is 9.31. The lowest BCUT2D eigenvalue weighted by Crippen LogP contribution is -2.17. The molecule has 140 valence electrons. The summed E-state index contributed by atoms with van der Waals surface area (Å²) in [6.45, 7) is 0. The molecule has 0 unspecified atom stereocenters. The summed E-state index contributed by atoms with van der Waals surface area (Å²) in [7, 11) is 0. The Kier molecular flexibility index (Phi) is 6.57. The number of nitrogens with one attached hydrogen (secondary N) is 1. The van der Waals surface area contributed by atoms with Crippen LogP contribution in [0.25, 0.3) is 0 Å². The van der Waals surface area contributed by atoms with Crippen LogP contribution in [0.1, 0.15) is 26.3 Å². The highest BCUT2D eigenvalue weighted by atomic mass is 79.9. The normalized spacial score (nSPS) is 10.6. The van der Waals surface area contributed by atoms with Crippen molar-refractivity contribution in [3.8, 4) is 5.75 Å². The quantitative estimate of drug-likeness (QED) is 0.251. The molecule has 3 rings (SSSR count). The van der Waals surface area contributed by atoms with E-state index in [0.29, 0.717) is 21.9 Å². The second-order valence-electron chi connectivity index (χ2n) is 5.65. The van der Waals surface area contributed by atoms with Crippen molar-refractivity contribution in [1.29, 1.82) is 0 Å². The maximum absolute atomic E-state index is 12.1. The number of carbonyl (C=O) groups excluding carboxylic acids is 2. The lowest BCUT2D eigenvalue weighted by molar-refractivity contribution is 0.0734. The summed E-state index contributed by atoms with van der Waals surface area (Å²) in [5, 5.41) is 4.26. The van der Waals surface area contributed by atoms with Gasteiger partial charge in [0.15, 0.2) is 0 Å². The van der Waals surface area contributed by atoms with E-state index in [9.17, 15) is 9.59 Å². The van der Waals surface area contributed by atoms with Gasteiger partial charge in [-0.15, -0.1) is 0 Å². The zero-order valence-corrected chi connectivity index (χ0v) is 16.8. The van der Waals surface area contributed by atoms with Crippen LogP contribution in [0, 0.1) is 0 Å². The molecular weight excluding hydrogens is 444 g/mol. The van der Waals surface area contributed by atoms with Gasteiger partial charge in [0.25, 0.3) is 5.91 Å². The number of esters is 1. The van der Waals surface area contributed by atoms with Gasteiger partial charge in [-0.1, -0.05) is 45.7 Å². The minimum atomic E-state index is -0.534. The molecule has 0 radical (unpaired) electrons. The zero-order valence-electron chi connectivity index (χ0n) is 14.4. The van der Waals surface area contributed by atoms with Crippen molar-refractivity contribution in [1.82, 2.24) is 5.43 Å². The van der Waals surface area contributed by atoms with Gasteiger partial charge >= 0.3 is 5.97 Å². The van der Waals surface area contributed by atoms with Gasteiger partial charge in [-0.2, -0.15) is 5.10 Å². The molecule has 0 spiro atoms. The van der Waals surface area contributed by atoms with Crippen molar-refractivity contribution in [3.05, 3.63) is 99.0 Å². The van der Waals surface area contributed by atoms with E-state index in [1.165, 1.54) is 6.21 Å². The molecule has 0 aromatic heterocycles. The van der Waals surface area contributed by atoms with Crippen LogP contribution in [0.2, 0.25) is 5.02 Å². The number of amides is 1. The van der Waals surface area contributed by atoms with E-state index >= 15 is 0 Å². The summed E-state index contributed by atoms with van der Waals surface area (Å²) in [4.78, 5) is 24.2. The van der Waals surface area contributed by atoms with E-state index in [-0.39, 0.29) is 5.91 Å². The third kappa shape index (κ3) is 5.28. The number of ether oxygens (including phenoxy) is 1. The molecule has 0 heterocycles. The summed E-state index contributed by atoms with van der Waals surface area (Å²) in [5.74, 6) is -0.476. The molecular formula is C21H14BrClN2O3. The zero-order chi connectivity index (χ0) is 19.9. The Balaban J connectivity index is 1.58. The SMILES string of the molecule is O=C(NN=Cc1ccc(OC(=O)c2ccccc2Cl)cc1)c1cccc(Br)c1. The number of hydrogen-bond donors (Lipinski definition) is 1. The summed E-state index contributed by atoms with van der Waals surface area (Å²) in [6.07, 6.45) is 1.50. The molecule has 0 aliphatic rings. The van der Waals surface area contributed by atoms with Gasteiger partial charge in [-0.3, -0.25) is 4.79 Å². The Bertz CT molecular complexity index is 1040. The fraction of sp³-hybridized carbons (Fsp3) is 0. The van der Waals surface area contributed by atoms with Gasteiger partial charge in [0.05, 0.1) is 16.8 Å². The number of benzene rings is 3. The molecule has 0 fully saturated rings. The van der Waals surface area contributed by atoms with Crippen molar-refractivity contribution in [2.75, 3.05) is 0 Å². The Hall–Kier alpha value is -2.96. The van der Waals surface area contributed by atoms with Gasteiger partial charge in [0.1, 0.15) is 5.75 Å². The molecule has 3 aromatic carbocycles. The second kappa shape index (κ2) is 9.30. The smallest absolute Gasteiger partial charge is 0.345 e. The maximum Gasteiger partial charge on any atom is 0.345 e. The molecule has 0 saturated heterocycles. The van der Waals surface area contributed by atoms with E-state index in [1.54, 1.807) is 66.7 Å². The number of halogens is 2. The third-order valence-corrected chi connectivity index (χ3v) is 4.47. The highest BCUT2D eigenvalue weighted by Gasteiger charge is 2.12. The first kappa shape index (κ1) is 19.8. The number of hydrogen-bond acceptors (Lipinski definition) is 4. The van der Waals surface area contributed by atoms with Crippen molar-refractivity contribution in [2.45, 2.75) is 0 Å². The van der Waals surface area contributed by atoms with Crippen LogP contribution in [-0.4, -0.2) is 18.1 Å². The molecule has 0 bridgehead atoms. The van der Waals surface area contributed by atoms with E-state index in [2.05, 4.69) is 26.5 Å².